The molecule has 2 N–H and O–H groups in total. The molecule has 1 heterocycles. The Hall–Kier alpha value is -3.34. The van der Waals surface area contributed by atoms with E-state index in [1.165, 1.54) is 20.0 Å². The van der Waals surface area contributed by atoms with Crippen molar-refractivity contribution in [2.75, 3.05) is 36.8 Å². The summed E-state index contributed by atoms with van der Waals surface area (Å²) in [5.41, 5.74) is 6.34. The maximum absolute atomic E-state index is 12.7. The van der Waals surface area contributed by atoms with Gasteiger partial charge in [0.2, 0.25) is 11.8 Å². The van der Waals surface area contributed by atoms with E-state index in [1.54, 1.807) is 34.1 Å². The fourth-order valence-corrected chi connectivity index (χ4v) is 2.67. The van der Waals surface area contributed by atoms with Gasteiger partial charge in [0.15, 0.2) is 0 Å². The number of imide groups is 1. The van der Waals surface area contributed by atoms with Crippen molar-refractivity contribution < 1.29 is 14.4 Å². The van der Waals surface area contributed by atoms with E-state index in [0.717, 1.165) is 4.90 Å². The number of piperazine rings is 1. The summed E-state index contributed by atoms with van der Waals surface area (Å²) < 4.78 is 0. The lowest BCUT2D eigenvalue weighted by atomic mass is 10.2. The standard InChI is InChI=1S/C18H21N5O3/c1-13(24)22-9-7-21(8-10-22)12-15(11-19)18(26)23(14(2)25)17-5-3-16(20)4-6-17/h3-6,12H,7-10,20H2,1-2H3/b15-12-. The minimum atomic E-state index is -0.696. The van der Waals surface area contributed by atoms with Gasteiger partial charge in [-0.1, -0.05) is 0 Å². The molecule has 1 aliphatic rings. The molecule has 26 heavy (non-hydrogen) atoms. The highest BCUT2D eigenvalue weighted by Gasteiger charge is 2.25. The lowest BCUT2D eigenvalue weighted by molar-refractivity contribution is -0.130. The second kappa shape index (κ2) is 8.16. The van der Waals surface area contributed by atoms with Gasteiger partial charge in [-0.25, -0.2) is 4.90 Å². The van der Waals surface area contributed by atoms with Crippen LogP contribution in [0.5, 0.6) is 0 Å². The van der Waals surface area contributed by atoms with Crippen LogP contribution in [0.1, 0.15) is 13.8 Å². The van der Waals surface area contributed by atoms with Crippen molar-refractivity contribution in [1.82, 2.24) is 9.80 Å². The summed E-state index contributed by atoms with van der Waals surface area (Å²) in [6.07, 6.45) is 1.45. The fourth-order valence-electron chi connectivity index (χ4n) is 2.67. The van der Waals surface area contributed by atoms with Crippen LogP contribution in [0.15, 0.2) is 36.0 Å². The Bertz CT molecular complexity index is 771. The van der Waals surface area contributed by atoms with Crippen LogP contribution in [-0.2, 0) is 14.4 Å². The number of anilines is 2. The Morgan fingerprint density at radius 1 is 1.12 bits per heavy atom. The van der Waals surface area contributed by atoms with E-state index in [9.17, 15) is 19.6 Å². The van der Waals surface area contributed by atoms with Crippen LogP contribution in [-0.4, -0.2) is 53.7 Å². The van der Waals surface area contributed by atoms with Crippen LogP contribution in [0.25, 0.3) is 0 Å². The molecule has 1 aromatic rings. The molecule has 3 amide bonds. The highest BCUT2D eigenvalue weighted by molar-refractivity contribution is 6.21. The largest absolute Gasteiger partial charge is 0.399 e. The molecule has 0 aliphatic carbocycles. The molecule has 2 rings (SSSR count). The lowest BCUT2D eigenvalue weighted by Gasteiger charge is -2.33. The normalized spacial score (nSPS) is 14.6. The van der Waals surface area contributed by atoms with Crippen molar-refractivity contribution in [2.24, 2.45) is 0 Å². The number of amides is 3. The molecule has 0 unspecified atom stereocenters. The molecular weight excluding hydrogens is 334 g/mol. The zero-order chi connectivity index (χ0) is 19.3. The van der Waals surface area contributed by atoms with Gasteiger partial charge in [-0.05, 0) is 24.3 Å². The van der Waals surface area contributed by atoms with E-state index in [2.05, 4.69) is 0 Å². The molecule has 0 spiro atoms. The Labute approximate surface area is 152 Å². The van der Waals surface area contributed by atoms with Gasteiger partial charge < -0.3 is 15.5 Å². The number of carbonyl (C=O) groups excluding carboxylic acids is 3. The average Bonchev–Trinajstić information content (AvgIpc) is 2.61. The van der Waals surface area contributed by atoms with Gasteiger partial charge >= 0.3 is 0 Å². The van der Waals surface area contributed by atoms with Crippen molar-refractivity contribution in [3.05, 3.63) is 36.0 Å². The van der Waals surface area contributed by atoms with Crippen LogP contribution in [0.3, 0.4) is 0 Å². The summed E-state index contributed by atoms with van der Waals surface area (Å²) in [5, 5.41) is 9.40. The van der Waals surface area contributed by atoms with Gasteiger partial charge in [0, 0.05) is 51.9 Å². The summed E-state index contributed by atoms with van der Waals surface area (Å²) in [6, 6.07) is 8.13. The van der Waals surface area contributed by atoms with Gasteiger partial charge in [0.1, 0.15) is 11.6 Å². The lowest BCUT2D eigenvalue weighted by Crippen LogP contribution is -2.46. The number of hydrogen-bond acceptors (Lipinski definition) is 6. The number of rotatable bonds is 3. The Morgan fingerprint density at radius 2 is 1.69 bits per heavy atom. The molecule has 0 saturated carbocycles. The van der Waals surface area contributed by atoms with E-state index >= 15 is 0 Å². The first-order chi connectivity index (χ1) is 12.3. The number of nitrogen functional groups attached to an aromatic ring is 1. The maximum Gasteiger partial charge on any atom is 0.277 e. The maximum atomic E-state index is 12.7. The van der Waals surface area contributed by atoms with Gasteiger partial charge in [0.05, 0.1) is 5.69 Å². The molecule has 1 fully saturated rings. The van der Waals surface area contributed by atoms with Crippen LogP contribution < -0.4 is 10.6 Å². The zero-order valence-corrected chi connectivity index (χ0v) is 14.8. The number of nitrogens with zero attached hydrogens (tertiary/aromatic N) is 4. The summed E-state index contributed by atoms with van der Waals surface area (Å²) in [5.74, 6) is -1.20. The first kappa shape index (κ1) is 19.0. The zero-order valence-electron chi connectivity index (χ0n) is 14.8. The van der Waals surface area contributed by atoms with Crippen LogP contribution in [0, 0.1) is 11.3 Å². The number of hydrogen-bond donors (Lipinski definition) is 1. The highest BCUT2D eigenvalue weighted by Crippen LogP contribution is 2.19. The molecule has 1 aliphatic heterocycles. The summed E-state index contributed by atoms with van der Waals surface area (Å²) >= 11 is 0. The third kappa shape index (κ3) is 4.39. The SMILES string of the molecule is CC(=O)N1CCN(/C=C(/C#N)C(=O)N(C(C)=O)c2ccc(N)cc2)CC1. The predicted molar refractivity (Wildman–Crippen MR) is 96.5 cm³/mol. The number of benzene rings is 1. The molecule has 8 nitrogen and oxygen atoms in total. The Kier molecular flexibility index (Phi) is 5.96. The average molecular weight is 355 g/mol. The third-order valence-corrected chi connectivity index (χ3v) is 4.09. The fraction of sp³-hybridized carbons (Fsp3) is 0.333. The van der Waals surface area contributed by atoms with Crippen LogP contribution in [0.2, 0.25) is 0 Å². The van der Waals surface area contributed by atoms with Gasteiger partial charge in [-0.2, -0.15) is 5.26 Å². The molecule has 1 aromatic carbocycles. The van der Waals surface area contributed by atoms with E-state index < -0.39 is 11.8 Å². The number of nitriles is 1. The highest BCUT2D eigenvalue weighted by atomic mass is 16.2. The topological polar surface area (TPSA) is 111 Å². The molecule has 1 saturated heterocycles. The molecular formula is C18H21N5O3. The van der Waals surface area contributed by atoms with Crippen LogP contribution >= 0.6 is 0 Å². The second-order valence-corrected chi connectivity index (χ2v) is 5.95. The second-order valence-electron chi connectivity index (χ2n) is 5.95. The number of carbonyl (C=O) groups is 3. The van der Waals surface area contributed by atoms with Crippen molar-refractivity contribution >= 4 is 29.1 Å². The Morgan fingerprint density at radius 3 is 2.15 bits per heavy atom. The quantitative estimate of drug-likeness (QED) is 0.486. The molecule has 8 heteroatoms. The molecule has 0 bridgehead atoms. The predicted octanol–water partition coefficient (Wildman–Crippen LogP) is 0.720. The monoisotopic (exact) mass is 355 g/mol. The van der Waals surface area contributed by atoms with Gasteiger partial charge in [-0.15, -0.1) is 0 Å². The third-order valence-electron chi connectivity index (χ3n) is 4.09. The molecule has 0 radical (unpaired) electrons. The summed E-state index contributed by atoms with van der Waals surface area (Å²) in [6.45, 7) is 4.84. The first-order valence-electron chi connectivity index (χ1n) is 8.15. The van der Waals surface area contributed by atoms with E-state index in [1.807, 2.05) is 6.07 Å². The molecule has 0 aromatic heterocycles. The first-order valence-corrected chi connectivity index (χ1v) is 8.15. The van der Waals surface area contributed by atoms with Crippen LogP contribution in [0.4, 0.5) is 11.4 Å². The van der Waals surface area contributed by atoms with Crippen molar-refractivity contribution in [2.45, 2.75) is 13.8 Å². The van der Waals surface area contributed by atoms with Gasteiger partial charge in [0.25, 0.3) is 5.91 Å². The van der Waals surface area contributed by atoms with Crippen molar-refractivity contribution in [3.63, 3.8) is 0 Å². The minimum Gasteiger partial charge on any atom is -0.399 e. The van der Waals surface area contributed by atoms with Gasteiger partial charge in [-0.3, -0.25) is 14.4 Å². The molecule has 0 atom stereocenters. The number of nitrogens with two attached hydrogens (primary N) is 1. The smallest absolute Gasteiger partial charge is 0.277 e. The van der Waals surface area contributed by atoms with E-state index in [4.69, 9.17) is 5.73 Å². The Balaban J connectivity index is 2.20. The molecule has 136 valence electrons. The minimum absolute atomic E-state index is 0.00341. The van der Waals surface area contributed by atoms with E-state index in [0.29, 0.717) is 37.6 Å². The van der Waals surface area contributed by atoms with E-state index in [-0.39, 0.29) is 11.5 Å². The van der Waals surface area contributed by atoms with Crippen molar-refractivity contribution in [3.8, 4) is 6.07 Å². The van der Waals surface area contributed by atoms with Crippen molar-refractivity contribution in [1.29, 1.82) is 5.26 Å². The summed E-state index contributed by atoms with van der Waals surface area (Å²) in [7, 11) is 0. The summed E-state index contributed by atoms with van der Waals surface area (Å²) in [4.78, 5) is 40.5.